The SMILES string of the molecule is O=C(O)C1CCCN(C(=O)OCc2ccccc2)C1C(F)(F)F. The van der Waals surface area contributed by atoms with E-state index in [0.717, 1.165) is 0 Å². The number of carbonyl (C=O) groups excluding carboxylic acids is 1. The van der Waals surface area contributed by atoms with Crippen molar-refractivity contribution < 1.29 is 32.6 Å². The number of piperidine rings is 1. The molecule has 0 radical (unpaired) electrons. The molecule has 1 aliphatic rings. The number of halogens is 3. The van der Waals surface area contributed by atoms with Crippen LogP contribution in [0.2, 0.25) is 0 Å². The van der Waals surface area contributed by atoms with Gasteiger partial charge in [0.1, 0.15) is 12.6 Å². The number of carboxylic acid groups (broad SMARTS) is 1. The van der Waals surface area contributed by atoms with Crippen LogP contribution in [-0.2, 0) is 16.1 Å². The average Bonchev–Trinajstić information content (AvgIpc) is 2.52. The Bertz CT molecular complexity index is 562. The molecule has 0 bridgehead atoms. The van der Waals surface area contributed by atoms with E-state index >= 15 is 0 Å². The lowest BCUT2D eigenvalue weighted by Crippen LogP contribution is -2.57. The van der Waals surface area contributed by atoms with Crippen molar-refractivity contribution in [3.8, 4) is 0 Å². The van der Waals surface area contributed by atoms with Crippen molar-refractivity contribution in [2.24, 2.45) is 5.92 Å². The number of carboxylic acids is 1. The fraction of sp³-hybridized carbons (Fsp3) is 0.467. The molecular weight excluding hydrogens is 315 g/mol. The van der Waals surface area contributed by atoms with E-state index in [4.69, 9.17) is 9.84 Å². The summed E-state index contributed by atoms with van der Waals surface area (Å²) in [6.07, 6.45) is -5.91. The van der Waals surface area contributed by atoms with Crippen molar-refractivity contribution in [1.29, 1.82) is 0 Å². The lowest BCUT2D eigenvalue weighted by Gasteiger charge is -2.39. The third-order valence-corrected chi connectivity index (χ3v) is 3.72. The van der Waals surface area contributed by atoms with Gasteiger partial charge in [-0.15, -0.1) is 0 Å². The van der Waals surface area contributed by atoms with E-state index in [0.29, 0.717) is 10.5 Å². The van der Waals surface area contributed by atoms with Crippen molar-refractivity contribution in [2.75, 3.05) is 6.54 Å². The molecule has 1 aromatic carbocycles. The summed E-state index contributed by atoms with van der Waals surface area (Å²) in [6, 6.07) is 6.16. The van der Waals surface area contributed by atoms with Crippen molar-refractivity contribution in [3.05, 3.63) is 35.9 Å². The number of aliphatic carboxylic acids is 1. The second-order valence-corrected chi connectivity index (χ2v) is 5.31. The quantitative estimate of drug-likeness (QED) is 0.924. The van der Waals surface area contributed by atoms with Crippen molar-refractivity contribution >= 4 is 12.1 Å². The van der Waals surface area contributed by atoms with E-state index in [1.54, 1.807) is 30.3 Å². The zero-order chi connectivity index (χ0) is 17.0. The van der Waals surface area contributed by atoms with Gasteiger partial charge in [-0.25, -0.2) is 4.79 Å². The van der Waals surface area contributed by atoms with Crippen LogP contribution in [-0.4, -0.2) is 40.8 Å². The number of likely N-dealkylation sites (tertiary alicyclic amines) is 1. The van der Waals surface area contributed by atoms with Crippen LogP contribution in [0.1, 0.15) is 18.4 Å². The van der Waals surface area contributed by atoms with Crippen LogP contribution < -0.4 is 0 Å². The van der Waals surface area contributed by atoms with Crippen LogP contribution in [0.25, 0.3) is 0 Å². The summed E-state index contributed by atoms with van der Waals surface area (Å²) in [5.74, 6) is -3.24. The highest BCUT2D eigenvalue weighted by Gasteiger charge is 2.54. The monoisotopic (exact) mass is 331 g/mol. The standard InChI is InChI=1S/C15H16F3NO4/c16-15(17,18)12-11(13(20)21)7-4-8-19(12)14(22)23-9-10-5-2-1-3-6-10/h1-3,5-6,11-12H,4,7-9H2,(H,20,21). The van der Waals surface area contributed by atoms with Crippen LogP contribution in [0.15, 0.2) is 30.3 Å². The van der Waals surface area contributed by atoms with E-state index in [-0.39, 0.29) is 26.0 Å². The Morgan fingerprint density at radius 3 is 2.48 bits per heavy atom. The third kappa shape index (κ3) is 4.14. The maximum absolute atomic E-state index is 13.2. The zero-order valence-electron chi connectivity index (χ0n) is 12.1. The summed E-state index contributed by atoms with van der Waals surface area (Å²) in [5, 5.41) is 9.00. The van der Waals surface area contributed by atoms with Gasteiger partial charge in [-0.05, 0) is 18.4 Å². The number of rotatable bonds is 3. The highest BCUT2D eigenvalue weighted by molar-refractivity contribution is 5.74. The molecule has 2 rings (SSSR count). The summed E-state index contributed by atoms with van der Waals surface area (Å²) < 4.78 is 44.6. The molecule has 2 unspecified atom stereocenters. The molecule has 0 aliphatic carbocycles. The molecule has 1 amide bonds. The van der Waals surface area contributed by atoms with Crippen molar-refractivity contribution in [2.45, 2.75) is 31.7 Å². The van der Waals surface area contributed by atoms with Crippen molar-refractivity contribution in [3.63, 3.8) is 0 Å². The minimum absolute atomic E-state index is 0.123. The molecule has 1 N–H and O–H groups in total. The van der Waals surface area contributed by atoms with Gasteiger partial charge in [0.2, 0.25) is 0 Å². The van der Waals surface area contributed by atoms with E-state index in [1.165, 1.54) is 0 Å². The largest absolute Gasteiger partial charge is 0.481 e. The molecule has 0 spiro atoms. The van der Waals surface area contributed by atoms with Crippen LogP contribution >= 0.6 is 0 Å². The van der Waals surface area contributed by atoms with Gasteiger partial charge in [0.15, 0.2) is 0 Å². The highest BCUT2D eigenvalue weighted by atomic mass is 19.4. The number of carbonyl (C=O) groups is 2. The number of ether oxygens (including phenoxy) is 1. The van der Waals surface area contributed by atoms with E-state index < -0.39 is 30.2 Å². The first kappa shape index (κ1) is 17.1. The minimum atomic E-state index is -4.82. The normalized spacial score (nSPS) is 21.8. The molecule has 1 saturated heterocycles. The molecule has 5 nitrogen and oxygen atoms in total. The molecule has 1 fully saturated rings. The Balaban J connectivity index is 2.11. The summed E-state index contributed by atoms with van der Waals surface area (Å²) in [5.41, 5.74) is 0.635. The molecule has 1 aromatic rings. The predicted octanol–water partition coefficient (Wildman–Crippen LogP) is 3.05. The number of nitrogens with zero attached hydrogens (tertiary/aromatic N) is 1. The van der Waals surface area contributed by atoms with Crippen LogP contribution in [0.3, 0.4) is 0 Å². The Labute approximate surface area is 130 Å². The summed E-state index contributed by atoms with van der Waals surface area (Å²) in [6.45, 7) is -0.347. The Kier molecular flexibility index (Phi) is 5.12. The third-order valence-electron chi connectivity index (χ3n) is 3.72. The fourth-order valence-electron chi connectivity index (χ4n) is 2.67. The molecule has 1 aliphatic heterocycles. The zero-order valence-corrected chi connectivity index (χ0v) is 12.1. The van der Waals surface area contributed by atoms with Gasteiger partial charge in [-0.1, -0.05) is 30.3 Å². The van der Waals surface area contributed by atoms with Gasteiger partial charge >= 0.3 is 18.2 Å². The second kappa shape index (κ2) is 6.89. The molecule has 126 valence electrons. The topological polar surface area (TPSA) is 66.8 Å². The smallest absolute Gasteiger partial charge is 0.410 e. The minimum Gasteiger partial charge on any atom is -0.481 e. The summed E-state index contributed by atoms with van der Waals surface area (Å²) in [7, 11) is 0. The van der Waals surface area contributed by atoms with E-state index in [9.17, 15) is 22.8 Å². The number of benzene rings is 1. The summed E-state index contributed by atoms with van der Waals surface area (Å²) in [4.78, 5) is 23.6. The van der Waals surface area contributed by atoms with Gasteiger partial charge in [0, 0.05) is 6.54 Å². The number of hydrogen-bond donors (Lipinski definition) is 1. The van der Waals surface area contributed by atoms with Crippen LogP contribution in [0, 0.1) is 5.92 Å². The maximum atomic E-state index is 13.2. The highest BCUT2D eigenvalue weighted by Crippen LogP contribution is 2.36. The second-order valence-electron chi connectivity index (χ2n) is 5.31. The Morgan fingerprint density at radius 1 is 1.26 bits per heavy atom. The molecule has 1 heterocycles. The average molecular weight is 331 g/mol. The van der Waals surface area contributed by atoms with Gasteiger partial charge in [-0.3, -0.25) is 9.69 Å². The first-order valence-corrected chi connectivity index (χ1v) is 7.07. The molecule has 2 atom stereocenters. The fourth-order valence-corrected chi connectivity index (χ4v) is 2.67. The predicted molar refractivity (Wildman–Crippen MR) is 73.5 cm³/mol. The lowest BCUT2D eigenvalue weighted by molar-refractivity contribution is -0.205. The number of alkyl halides is 3. The Morgan fingerprint density at radius 2 is 1.91 bits per heavy atom. The Hall–Kier alpha value is -2.25. The van der Waals surface area contributed by atoms with Crippen LogP contribution in [0.5, 0.6) is 0 Å². The molecule has 0 aromatic heterocycles. The van der Waals surface area contributed by atoms with Crippen LogP contribution in [0.4, 0.5) is 18.0 Å². The van der Waals surface area contributed by atoms with Gasteiger partial charge in [0.25, 0.3) is 0 Å². The van der Waals surface area contributed by atoms with Gasteiger partial charge in [0.05, 0.1) is 5.92 Å². The molecule has 0 saturated carbocycles. The first-order valence-electron chi connectivity index (χ1n) is 7.07. The maximum Gasteiger partial charge on any atom is 0.410 e. The van der Waals surface area contributed by atoms with E-state index in [1.807, 2.05) is 0 Å². The molecular formula is C15H16F3NO4. The van der Waals surface area contributed by atoms with Crippen molar-refractivity contribution in [1.82, 2.24) is 4.90 Å². The number of hydrogen-bond acceptors (Lipinski definition) is 3. The summed E-state index contributed by atoms with van der Waals surface area (Å²) >= 11 is 0. The van der Waals surface area contributed by atoms with Gasteiger partial charge in [-0.2, -0.15) is 13.2 Å². The molecule has 8 heteroatoms. The molecule has 23 heavy (non-hydrogen) atoms. The van der Waals surface area contributed by atoms with E-state index in [2.05, 4.69) is 0 Å². The first-order chi connectivity index (χ1) is 10.8. The van der Waals surface area contributed by atoms with Gasteiger partial charge < -0.3 is 9.84 Å². The lowest BCUT2D eigenvalue weighted by atomic mass is 9.89. The number of amides is 1.